The molecule has 1 amide bonds. The summed E-state index contributed by atoms with van der Waals surface area (Å²) in [6.45, 7) is 4.98. The van der Waals surface area contributed by atoms with E-state index in [-0.39, 0.29) is 12.7 Å². The molecule has 0 aliphatic carbocycles. The minimum absolute atomic E-state index is 0.0225. The van der Waals surface area contributed by atoms with E-state index in [1.807, 2.05) is 36.1 Å². The largest absolute Gasteiger partial charge is 0.454 e. The van der Waals surface area contributed by atoms with Gasteiger partial charge < -0.3 is 14.4 Å². The van der Waals surface area contributed by atoms with Crippen LogP contribution in [0, 0.1) is 6.92 Å². The molecule has 0 unspecified atom stereocenters. The second-order valence-corrected chi connectivity index (χ2v) is 5.36. The van der Waals surface area contributed by atoms with Gasteiger partial charge in [0.1, 0.15) is 0 Å². The molecule has 0 saturated heterocycles. The minimum atomic E-state index is -0.0225. The first-order chi connectivity index (χ1) is 10.7. The van der Waals surface area contributed by atoms with Crippen LogP contribution in [0.1, 0.15) is 29.3 Å². The predicted octanol–water partition coefficient (Wildman–Crippen LogP) is 3.78. The van der Waals surface area contributed by atoms with Crippen LogP contribution in [0.5, 0.6) is 11.5 Å². The van der Waals surface area contributed by atoms with Gasteiger partial charge in [-0.3, -0.25) is 4.79 Å². The molecular weight excluding hydrogens is 278 g/mol. The van der Waals surface area contributed by atoms with Gasteiger partial charge in [-0.05, 0) is 49.2 Å². The van der Waals surface area contributed by atoms with Gasteiger partial charge >= 0.3 is 0 Å². The van der Waals surface area contributed by atoms with E-state index in [0.717, 1.165) is 17.7 Å². The number of hydrogen-bond donors (Lipinski definition) is 0. The van der Waals surface area contributed by atoms with E-state index >= 15 is 0 Å². The maximum atomic E-state index is 12.9. The first kappa shape index (κ1) is 14.4. The van der Waals surface area contributed by atoms with Crippen molar-refractivity contribution in [3.63, 3.8) is 0 Å². The summed E-state index contributed by atoms with van der Waals surface area (Å²) >= 11 is 0. The first-order valence-corrected chi connectivity index (χ1v) is 7.47. The van der Waals surface area contributed by atoms with Gasteiger partial charge in [0, 0.05) is 17.8 Å². The number of fused-ring (bicyclic) bond motifs is 1. The number of nitrogens with zero attached hydrogens (tertiary/aromatic N) is 1. The normalized spacial score (nSPS) is 12.3. The van der Waals surface area contributed by atoms with Gasteiger partial charge in [-0.15, -0.1) is 0 Å². The first-order valence-electron chi connectivity index (χ1n) is 7.47. The Kier molecular flexibility index (Phi) is 4.00. The van der Waals surface area contributed by atoms with Crippen molar-refractivity contribution in [1.29, 1.82) is 0 Å². The van der Waals surface area contributed by atoms with Crippen molar-refractivity contribution in [3.8, 4) is 11.5 Å². The maximum absolute atomic E-state index is 12.9. The fourth-order valence-corrected chi connectivity index (χ4v) is 2.55. The fraction of sp³-hybridized carbons (Fsp3) is 0.278. The second-order valence-electron chi connectivity index (χ2n) is 5.36. The molecule has 0 saturated carbocycles. The Morgan fingerprint density at radius 3 is 2.73 bits per heavy atom. The van der Waals surface area contributed by atoms with Gasteiger partial charge in [0.05, 0.1) is 0 Å². The molecule has 22 heavy (non-hydrogen) atoms. The van der Waals surface area contributed by atoms with Gasteiger partial charge in [0.2, 0.25) is 6.79 Å². The third-order valence-corrected chi connectivity index (χ3v) is 3.63. The van der Waals surface area contributed by atoms with Crippen molar-refractivity contribution in [2.75, 3.05) is 18.2 Å². The number of hydrogen-bond acceptors (Lipinski definition) is 3. The lowest BCUT2D eigenvalue weighted by molar-refractivity contribution is 0.0986. The third kappa shape index (κ3) is 2.77. The lowest BCUT2D eigenvalue weighted by Crippen LogP contribution is -2.31. The predicted molar refractivity (Wildman–Crippen MR) is 85.7 cm³/mol. The van der Waals surface area contributed by atoms with Crippen LogP contribution in [-0.4, -0.2) is 19.2 Å². The standard InChI is InChI=1S/C18H19NO3/c1-3-9-19(15-6-4-5-13(2)10-15)18(20)14-7-8-16-17(11-14)22-12-21-16/h4-8,10-11H,3,9,12H2,1-2H3. The van der Waals surface area contributed by atoms with Crippen molar-refractivity contribution in [1.82, 2.24) is 0 Å². The Hall–Kier alpha value is -2.49. The number of ether oxygens (including phenoxy) is 2. The summed E-state index contributed by atoms with van der Waals surface area (Å²) in [5, 5.41) is 0. The van der Waals surface area contributed by atoms with E-state index < -0.39 is 0 Å². The van der Waals surface area contributed by atoms with E-state index in [1.54, 1.807) is 18.2 Å². The van der Waals surface area contributed by atoms with Crippen LogP contribution in [0.3, 0.4) is 0 Å². The fourth-order valence-electron chi connectivity index (χ4n) is 2.55. The zero-order valence-electron chi connectivity index (χ0n) is 12.8. The number of carbonyl (C=O) groups excluding carboxylic acids is 1. The van der Waals surface area contributed by atoms with Crippen LogP contribution >= 0.6 is 0 Å². The zero-order chi connectivity index (χ0) is 15.5. The molecule has 1 heterocycles. The number of aryl methyl sites for hydroxylation is 1. The summed E-state index contributed by atoms with van der Waals surface area (Å²) in [7, 11) is 0. The van der Waals surface area contributed by atoms with Crippen LogP contribution < -0.4 is 14.4 Å². The van der Waals surface area contributed by atoms with Crippen LogP contribution in [0.15, 0.2) is 42.5 Å². The highest BCUT2D eigenvalue weighted by Gasteiger charge is 2.21. The molecule has 0 spiro atoms. The van der Waals surface area contributed by atoms with Crippen molar-refractivity contribution < 1.29 is 14.3 Å². The SMILES string of the molecule is CCCN(C(=O)c1ccc2c(c1)OCO2)c1cccc(C)c1. The van der Waals surface area contributed by atoms with Crippen molar-refractivity contribution in [3.05, 3.63) is 53.6 Å². The quantitative estimate of drug-likeness (QED) is 0.862. The molecule has 2 aromatic rings. The average molecular weight is 297 g/mol. The molecule has 1 aliphatic heterocycles. The molecular formula is C18H19NO3. The number of rotatable bonds is 4. The summed E-state index contributed by atoms with van der Waals surface area (Å²) < 4.78 is 10.7. The molecule has 4 nitrogen and oxygen atoms in total. The molecule has 0 aromatic heterocycles. The number of benzene rings is 2. The van der Waals surface area contributed by atoms with Crippen molar-refractivity contribution in [2.24, 2.45) is 0 Å². The second kappa shape index (κ2) is 6.10. The van der Waals surface area contributed by atoms with Gasteiger partial charge in [-0.2, -0.15) is 0 Å². The third-order valence-electron chi connectivity index (χ3n) is 3.63. The van der Waals surface area contributed by atoms with Gasteiger partial charge in [-0.1, -0.05) is 19.1 Å². The highest BCUT2D eigenvalue weighted by atomic mass is 16.7. The molecule has 2 aromatic carbocycles. The van der Waals surface area contributed by atoms with Crippen LogP contribution in [-0.2, 0) is 0 Å². The van der Waals surface area contributed by atoms with E-state index in [9.17, 15) is 4.79 Å². The molecule has 0 radical (unpaired) electrons. The van der Waals surface area contributed by atoms with Crippen molar-refractivity contribution >= 4 is 11.6 Å². The zero-order valence-corrected chi connectivity index (χ0v) is 12.8. The molecule has 0 bridgehead atoms. The lowest BCUT2D eigenvalue weighted by Gasteiger charge is -2.23. The van der Waals surface area contributed by atoms with Gasteiger partial charge in [0.15, 0.2) is 11.5 Å². The Morgan fingerprint density at radius 1 is 1.14 bits per heavy atom. The highest BCUT2D eigenvalue weighted by molar-refractivity contribution is 6.06. The summed E-state index contributed by atoms with van der Waals surface area (Å²) in [5.41, 5.74) is 2.67. The average Bonchev–Trinajstić information content (AvgIpc) is 2.99. The molecule has 4 heteroatoms. The summed E-state index contributed by atoms with van der Waals surface area (Å²) in [4.78, 5) is 14.7. The summed E-state index contributed by atoms with van der Waals surface area (Å²) in [6, 6.07) is 13.3. The van der Waals surface area contributed by atoms with Crippen LogP contribution in [0.4, 0.5) is 5.69 Å². The molecule has 0 N–H and O–H groups in total. The molecule has 0 fully saturated rings. The molecule has 1 aliphatic rings. The van der Waals surface area contributed by atoms with Gasteiger partial charge in [-0.25, -0.2) is 0 Å². The smallest absolute Gasteiger partial charge is 0.258 e. The summed E-state index contributed by atoms with van der Waals surface area (Å²) in [5.74, 6) is 1.30. The van der Waals surface area contributed by atoms with E-state index in [2.05, 4.69) is 6.92 Å². The Balaban J connectivity index is 1.92. The van der Waals surface area contributed by atoms with Crippen LogP contribution in [0.25, 0.3) is 0 Å². The molecule has 0 atom stereocenters. The monoisotopic (exact) mass is 297 g/mol. The van der Waals surface area contributed by atoms with Crippen LogP contribution in [0.2, 0.25) is 0 Å². The Labute approximate surface area is 130 Å². The number of amides is 1. The minimum Gasteiger partial charge on any atom is -0.454 e. The van der Waals surface area contributed by atoms with Crippen molar-refractivity contribution in [2.45, 2.75) is 20.3 Å². The Morgan fingerprint density at radius 2 is 1.95 bits per heavy atom. The highest BCUT2D eigenvalue weighted by Crippen LogP contribution is 2.33. The Bertz CT molecular complexity index is 696. The molecule has 3 rings (SSSR count). The molecule has 114 valence electrons. The van der Waals surface area contributed by atoms with E-state index in [4.69, 9.17) is 9.47 Å². The summed E-state index contributed by atoms with van der Waals surface area (Å²) in [6.07, 6.45) is 0.893. The number of carbonyl (C=O) groups is 1. The van der Waals surface area contributed by atoms with E-state index in [1.165, 1.54) is 0 Å². The van der Waals surface area contributed by atoms with E-state index in [0.29, 0.717) is 23.6 Å². The number of anilines is 1. The van der Waals surface area contributed by atoms with Gasteiger partial charge in [0.25, 0.3) is 5.91 Å². The topological polar surface area (TPSA) is 38.8 Å². The maximum Gasteiger partial charge on any atom is 0.258 e. The lowest BCUT2D eigenvalue weighted by atomic mass is 10.1.